The van der Waals surface area contributed by atoms with E-state index in [0.29, 0.717) is 21.9 Å². The average Bonchev–Trinajstić information content (AvgIpc) is 3.02. The third-order valence-electron chi connectivity index (χ3n) is 7.24. The van der Waals surface area contributed by atoms with Crippen molar-refractivity contribution in [2.75, 3.05) is 14.2 Å². The van der Waals surface area contributed by atoms with Crippen LogP contribution in [-0.4, -0.2) is 25.2 Å². The number of benzene rings is 4. The summed E-state index contributed by atoms with van der Waals surface area (Å²) >= 11 is 6.45. The molecule has 0 fully saturated rings. The van der Waals surface area contributed by atoms with Crippen LogP contribution in [0, 0.1) is 5.82 Å². The van der Waals surface area contributed by atoms with Gasteiger partial charge < -0.3 is 14.2 Å². The van der Waals surface area contributed by atoms with Crippen LogP contribution in [0.25, 0.3) is 10.9 Å². The van der Waals surface area contributed by atoms with Gasteiger partial charge in [0.15, 0.2) is 5.60 Å². The summed E-state index contributed by atoms with van der Waals surface area (Å²) in [4.78, 5) is 18.8. The van der Waals surface area contributed by atoms with Crippen molar-refractivity contribution < 1.29 is 23.4 Å². The van der Waals surface area contributed by atoms with E-state index in [-0.39, 0.29) is 13.0 Å². The Labute approximate surface area is 243 Å². The van der Waals surface area contributed by atoms with Crippen molar-refractivity contribution in [3.05, 3.63) is 142 Å². The van der Waals surface area contributed by atoms with Crippen molar-refractivity contribution in [1.82, 2.24) is 4.98 Å². The number of rotatable bonds is 10. The molecule has 2 unspecified atom stereocenters. The molecule has 0 saturated heterocycles. The van der Waals surface area contributed by atoms with Gasteiger partial charge in [-0.3, -0.25) is 4.98 Å². The van der Waals surface area contributed by atoms with E-state index >= 15 is 0 Å². The maximum Gasteiger partial charge on any atom is 0.342 e. The molecule has 208 valence electrons. The van der Waals surface area contributed by atoms with E-state index in [9.17, 15) is 9.18 Å². The van der Waals surface area contributed by atoms with Crippen molar-refractivity contribution in [2.45, 2.75) is 24.5 Å². The minimum atomic E-state index is -1.63. The van der Waals surface area contributed by atoms with Gasteiger partial charge in [0.2, 0.25) is 0 Å². The maximum atomic E-state index is 14.1. The molecule has 0 saturated carbocycles. The molecule has 1 aromatic heterocycles. The zero-order valence-electron chi connectivity index (χ0n) is 22.7. The molecule has 5 rings (SSSR count). The van der Waals surface area contributed by atoms with E-state index in [1.54, 1.807) is 25.3 Å². The number of nitrogens with zero attached hydrogens (tertiary/aromatic N) is 1. The Morgan fingerprint density at radius 3 is 2.29 bits per heavy atom. The zero-order valence-corrected chi connectivity index (χ0v) is 23.5. The number of fused-ring (bicyclic) bond motifs is 1. The van der Waals surface area contributed by atoms with Crippen LogP contribution in [0.1, 0.15) is 34.7 Å². The lowest BCUT2D eigenvalue weighted by atomic mass is 9.79. The first-order valence-electron chi connectivity index (χ1n) is 13.1. The Hall–Kier alpha value is -4.26. The lowest BCUT2D eigenvalue weighted by Crippen LogP contribution is -2.41. The number of aromatic nitrogens is 1. The summed E-state index contributed by atoms with van der Waals surface area (Å²) in [5, 5.41) is 1.51. The topological polar surface area (TPSA) is 57.7 Å². The van der Waals surface area contributed by atoms with Gasteiger partial charge in [-0.2, -0.15) is 0 Å². The molecule has 0 amide bonds. The number of halogens is 2. The van der Waals surface area contributed by atoms with Crippen LogP contribution < -0.4 is 4.74 Å². The average molecular weight is 570 g/mol. The summed E-state index contributed by atoms with van der Waals surface area (Å²) < 4.78 is 31.4. The van der Waals surface area contributed by atoms with E-state index in [4.69, 9.17) is 30.8 Å². The second kappa shape index (κ2) is 12.5. The molecular weight excluding hydrogens is 541 g/mol. The molecule has 0 aliphatic rings. The highest BCUT2D eigenvalue weighted by Gasteiger charge is 2.46. The SMILES string of the molecule is COC(=O)C(CC(c1ccc(OC)cc1)c1ccc2ccccc2n1)(OCc1ccccc1Cl)c1ccc(F)cc1. The summed E-state index contributed by atoms with van der Waals surface area (Å²) in [6.45, 7) is 0.0205. The van der Waals surface area contributed by atoms with Gasteiger partial charge in [0.25, 0.3) is 0 Å². The summed E-state index contributed by atoms with van der Waals surface area (Å²) in [7, 11) is 2.92. The standard InChI is InChI=1S/C34H29ClFNO4/c1-39-28-18-11-23(12-19-28)29(32-20-13-24-7-4-6-10-31(24)37-32)21-34(33(38)40-2,26-14-16-27(36)17-15-26)41-22-25-8-3-5-9-30(25)35/h3-20,29H,21-22H2,1-2H3. The molecule has 0 aliphatic heterocycles. The van der Waals surface area contributed by atoms with Crippen LogP contribution in [0.4, 0.5) is 4.39 Å². The number of carbonyl (C=O) groups is 1. The molecule has 0 N–H and O–H groups in total. The highest BCUT2D eigenvalue weighted by Crippen LogP contribution is 2.42. The highest BCUT2D eigenvalue weighted by molar-refractivity contribution is 6.31. The van der Waals surface area contributed by atoms with Gasteiger partial charge in [-0.1, -0.05) is 78.3 Å². The Morgan fingerprint density at radius 2 is 1.59 bits per heavy atom. The first-order valence-corrected chi connectivity index (χ1v) is 13.5. The van der Waals surface area contributed by atoms with Gasteiger partial charge in [-0.15, -0.1) is 0 Å². The zero-order chi connectivity index (χ0) is 28.8. The molecule has 1 heterocycles. The Bertz CT molecular complexity index is 1640. The van der Waals surface area contributed by atoms with Crippen molar-refractivity contribution in [1.29, 1.82) is 0 Å². The first kappa shape index (κ1) is 28.3. The fraction of sp³-hybridized carbons (Fsp3) is 0.176. The maximum absolute atomic E-state index is 14.1. The molecule has 5 nitrogen and oxygen atoms in total. The molecule has 0 aliphatic carbocycles. The molecule has 2 atom stereocenters. The van der Waals surface area contributed by atoms with Crippen LogP contribution in [-0.2, 0) is 26.5 Å². The molecule has 0 radical (unpaired) electrons. The fourth-order valence-electron chi connectivity index (χ4n) is 5.01. The van der Waals surface area contributed by atoms with Gasteiger partial charge in [0.05, 0.1) is 26.3 Å². The van der Waals surface area contributed by atoms with Gasteiger partial charge in [0.1, 0.15) is 11.6 Å². The highest BCUT2D eigenvalue weighted by atomic mass is 35.5. The van der Waals surface area contributed by atoms with Gasteiger partial charge in [-0.25, -0.2) is 9.18 Å². The van der Waals surface area contributed by atoms with Crippen LogP contribution in [0.15, 0.2) is 109 Å². The molecule has 0 bridgehead atoms. The minimum absolute atomic E-state index is 0.0205. The predicted octanol–water partition coefficient (Wildman–Crippen LogP) is 7.84. The number of hydrogen-bond acceptors (Lipinski definition) is 5. The third kappa shape index (κ3) is 6.09. The fourth-order valence-corrected chi connectivity index (χ4v) is 5.20. The molecule has 4 aromatic carbocycles. The number of methoxy groups -OCH3 is 2. The van der Waals surface area contributed by atoms with Crippen LogP contribution >= 0.6 is 11.6 Å². The van der Waals surface area contributed by atoms with Crippen LogP contribution in [0.3, 0.4) is 0 Å². The molecule has 5 aromatic rings. The Kier molecular flexibility index (Phi) is 8.62. The Morgan fingerprint density at radius 1 is 0.878 bits per heavy atom. The number of hydrogen-bond donors (Lipinski definition) is 0. The largest absolute Gasteiger partial charge is 0.497 e. The third-order valence-corrected chi connectivity index (χ3v) is 7.61. The quantitative estimate of drug-likeness (QED) is 0.160. The second-order valence-electron chi connectivity index (χ2n) is 9.66. The minimum Gasteiger partial charge on any atom is -0.497 e. The summed E-state index contributed by atoms with van der Waals surface area (Å²) in [6, 6.07) is 32.4. The molecule has 41 heavy (non-hydrogen) atoms. The van der Waals surface area contributed by atoms with Crippen molar-refractivity contribution >= 4 is 28.5 Å². The second-order valence-corrected chi connectivity index (χ2v) is 10.1. The van der Waals surface area contributed by atoms with E-state index in [1.807, 2.05) is 78.9 Å². The van der Waals surface area contributed by atoms with Gasteiger partial charge in [0, 0.05) is 28.4 Å². The van der Waals surface area contributed by atoms with E-state index in [2.05, 4.69) is 0 Å². The van der Waals surface area contributed by atoms with E-state index in [0.717, 1.165) is 22.2 Å². The predicted molar refractivity (Wildman–Crippen MR) is 158 cm³/mol. The van der Waals surface area contributed by atoms with Crippen molar-refractivity contribution in [3.63, 3.8) is 0 Å². The van der Waals surface area contributed by atoms with Crippen molar-refractivity contribution in [2.24, 2.45) is 0 Å². The normalized spacial score (nSPS) is 13.4. The number of ether oxygens (including phenoxy) is 3. The van der Waals surface area contributed by atoms with Crippen LogP contribution in [0.5, 0.6) is 5.75 Å². The van der Waals surface area contributed by atoms with Crippen molar-refractivity contribution in [3.8, 4) is 5.75 Å². The number of para-hydroxylation sites is 1. The smallest absolute Gasteiger partial charge is 0.342 e. The van der Waals surface area contributed by atoms with Crippen LogP contribution in [0.2, 0.25) is 5.02 Å². The molecule has 7 heteroatoms. The number of esters is 1. The van der Waals surface area contributed by atoms with E-state index < -0.39 is 23.3 Å². The van der Waals surface area contributed by atoms with Gasteiger partial charge >= 0.3 is 5.97 Å². The summed E-state index contributed by atoms with van der Waals surface area (Å²) in [6.07, 6.45) is 0.118. The monoisotopic (exact) mass is 569 g/mol. The summed E-state index contributed by atoms with van der Waals surface area (Å²) in [5.74, 6) is -0.760. The molecular formula is C34H29ClFNO4. The van der Waals surface area contributed by atoms with E-state index in [1.165, 1.54) is 19.2 Å². The lowest BCUT2D eigenvalue weighted by Gasteiger charge is -2.35. The Balaban J connectivity index is 1.67. The summed E-state index contributed by atoms with van der Waals surface area (Å²) in [5.41, 5.74) is 1.99. The first-order chi connectivity index (χ1) is 19.9. The lowest BCUT2D eigenvalue weighted by molar-refractivity contribution is -0.175. The number of pyridine rings is 1. The number of carbonyl (C=O) groups excluding carboxylic acids is 1. The molecule has 0 spiro atoms. The van der Waals surface area contributed by atoms with Gasteiger partial charge in [-0.05, 0) is 59.2 Å².